The van der Waals surface area contributed by atoms with Crippen molar-refractivity contribution in [2.45, 2.75) is 38.1 Å². The first kappa shape index (κ1) is 14.9. The molecule has 0 radical (unpaired) electrons. The van der Waals surface area contributed by atoms with Crippen LogP contribution in [0.4, 0.5) is 0 Å². The third-order valence-corrected chi connectivity index (χ3v) is 4.46. The Kier molecular flexibility index (Phi) is 4.65. The first-order valence-electron chi connectivity index (χ1n) is 7.27. The van der Waals surface area contributed by atoms with Crippen LogP contribution in [0.3, 0.4) is 0 Å². The molecule has 1 aromatic carbocycles. The molecular weight excluding hydrogens is 252 g/mol. The molecule has 110 valence electrons. The van der Waals surface area contributed by atoms with Crippen LogP contribution in [-0.4, -0.2) is 25.1 Å². The van der Waals surface area contributed by atoms with E-state index in [-0.39, 0.29) is 11.8 Å². The van der Waals surface area contributed by atoms with Crippen LogP contribution >= 0.6 is 0 Å². The predicted octanol–water partition coefficient (Wildman–Crippen LogP) is 2.01. The van der Waals surface area contributed by atoms with Gasteiger partial charge in [0.15, 0.2) is 0 Å². The van der Waals surface area contributed by atoms with Crippen molar-refractivity contribution in [3.8, 4) is 5.75 Å². The lowest BCUT2D eigenvalue weighted by atomic mass is 9.84. The number of nitrogens with two attached hydrogens (primary N) is 1. The molecule has 2 unspecified atom stereocenters. The Morgan fingerprint density at radius 2 is 2.15 bits per heavy atom. The number of benzene rings is 1. The summed E-state index contributed by atoms with van der Waals surface area (Å²) in [4.78, 5) is 11.8. The first-order chi connectivity index (χ1) is 9.58. The van der Waals surface area contributed by atoms with Gasteiger partial charge in [-0.1, -0.05) is 24.1 Å². The van der Waals surface area contributed by atoms with Gasteiger partial charge in [0.2, 0.25) is 5.91 Å². The van der Waals surface area contributed by atoms with Crippen LogP contribution < -0.4 is 15.8 Å². The van der Waals surface area contributed by atoms with Crippen molar-refractivity contribution in [3.05, 3.63) is 29.8 Å². The van der Waals surface area contributed by atoms with E-state index in [4.69, 9.17) is 10.5 Å². The number of hydrogen-bond donors (Lipinski definition) is 2. The van der Waals surface area contributed by atoms with Crippen molar-refractivity contribution in [3.63, 3.8) is 0 Å². The van der Waals surface area contributed by atoms with E-state index >= 15 is 0 Å². The molecule has 1 fully saturated rings. The topological polar surface area (TPSA) is 64.3 Å². The van der Waals surface area contributed by atoms with Gasteiger partial charge in [-0.15, -0.1) is 0 Å². The van der Waals surface area contributed by atoms with Crippen LogP contribution in [0.15, 0.2) is 24.3 Å². The molecule has 1 aromatic rings. The molecule has 4 nitrogen and oxygen atoms in total. The van der Waals surface area contributed by atoms with Crippen LogP contribution in [0.25, 0.3) is 0 Å². The van der Waals surface area contributed by atoms with Crippen molar-refractivity contribution < 1.29 is 9.53 Å². The Morgan fingerprint density at radius 3 is 2.75 bits per heavy atom. The highest BCUT2D eigenvalue weighted by Gasteiger charge is 2.46. The summed E-state index contributed by atoms with van der Waals surface area (Å²) >= 11 is 0. The number of carbonyl (C=O) groups excluding carboxylic acids is 1. The first-order valence-corrected chi connectivity index (χ1v) is 7.27. The minimum atomic E-state index is -0.545. The molecule has 1 saturated carbocycles. The molecular formula is C16H24N2O2. The number of nitrogens with one attached hydrogen (secondary N) is 1. The predicted molar refractivity (Wildman–Crippen MR) is 79.6 cm³/mol. The lowest BCUT2D eigenvalue weighted by Gasteiger charge is -2.32. The van der Waals surface area contributed by atoms with E-state index in [1.54, 1.807) is 0 Å². The van der Waals surface area contributed by atoms with Crippen molar-refractivity contribution >= 4 is 5.91 Å². The van der Waals surface area contributed by atoms with Crippen molar-refractivity contribution in [2.24, 2.45) is 11.7 Å². The number of likely N-dealkylation sites (N-methyl/N-ethyl adjacent to an activating group) is 1. The van der Waals surface area contributed by atoms with E-state index in [0.717, 1.165) is 31.4 Å². The fourth-order valence-electron chi connectivity index (χ4n) is 3.20. The molecule has 0 bridgehead atoms. The molecule has 20 heavy (non-hydrogen) atoms. The van der Waals surface area contributed by atoms with Crippen molar-refractivity contribution in [2.75, 3.05) is 13.7 Å². The highest BCUT2D eigenvalue weighted by atomic mass is 16.5. The molecule has 1 amide bonds. The van der Waals surface area contributed by atoms with Crippen LogP contribution in [0, 0.1) is 12.8 Å². The Hall–Kier alpha value is -1.55. The molecule has 0 saturated heterocycles. The minimum absolute atomic E-state index is 0.238. The average molecular weight is 276 g/mol. The van der Waals surface area contributed by atoms with Crippen LogP contribution in [0.1, 0.15) is 31.2 Å². The normalized spacial score (nSPS) is 25.6. The standard InChI is InChI=1S/C16H24N2O2/c1-12-5-7-14(8-6-12)20-11-9-13-4-3-10-16(13,18-2)15(17)19/h5-8,13,18H,3-4,9-11H2,1-2H3,(H2,17,19). The molecule has 1 aliphatic rings. The van der Waals surface area contributed by atoms with Crippen LogP contribution in [0.5, 0.6) is 5.75 Å². The highest BCUT2D eigenvalue weighted by Crippen LogP contribution is 2.37. The fraction of sp³-hybridized carbons (Fsp3) is 0.562. The number of hydrogen-bond acceptors (Lipinski definition) is 3. The summed E-state index contributed by atoms with van der Waals surface area (Å²) < 4.78 is 5.76. The van der Waals surface area contributed by atoms with Gasteiger partial charge in [-0.05, 0) is 51.3 Å². The number of rotatable bonds is 6. The van der Waals surface area contributed by atoms with Crippen molar-refractivity contribution in [1.82, 2.24) is 5.32 Å². The third-order valence-electron chi connectivity index (χ3n) is 4.46. The van der Waals surface area contributed by atoms with E-state index in [1.165, 1.54) is 5.56 Å². The molecule has 2 atom stereocenters. The summed E-state index contributed by atoms with van der Waals surface area (Å²) in [6.07, 6.45) is 3.74. The molecule has 4 heteroatoms. The Morgan fingerprint density at radius 1 is 1.45 bits per heavy atom. The monoisotopic (exact) mass is 276 g/mol. The summed E-state index contributed by atoms with van der Waals surface area (Å²) in [7, 11) is 1.82. The van der Waals surface area contributed by atoms with Gasteiger partial charge in [0.25, 0.3) is 0 Å². The fourth-order valence-corrected chi connectivity index (χ4v) is 3.20. The van der Waals surface area contributed by atoms with E-state index < -0.39 is 5.54 Å². The second-order valence-electron chi connectivity index (χ2n) is 5.62. The molecule has 0 heterocycles. The molecule has 0 spiro atoms. The number of primary amides is 1. The zero-order valence-electron chi connectivity index (χ0n) is 12.3. The number of amides is 1. The zero-order chi connectivity index (χ0) is 14.6. The summed E-state index contributed by atoms with van der Waals surface area (Å²) in [5, 5.41) is 3.15. The van der Waals surface area contributed by atoms with Gasteiger partial charge < -0.3 is 15.8 Å². The van der Waals surface area contributed by atoms with Gasteiger partial charge in [-0.25, -0.2) is 0 Å². The third kappa shape index (κ3) is 2.96. The van der Waals surface area contributed by atoms with Crippen molar-refractivity contribution in [1.29, 1.82) is 0 Å². The number of carbonyl (C=O) groups is 1. The maximum atomic E-state index is 11.8. The lowest BCUT2D eigenvalue weighted by Crippen LogP contribution is -2.56. The summed E-state index contributed by atoms with van der Waals surface area (Å²) in [6, 6.07) is 8.02. The van der Waals surface area contributed by atoms with Gasteiger partial charge in [0, 0.05) is 0 Å². The highest BCUT2D eigenvalue weighted by molar-refractivity contribution is 5.85. The second-order valence-corrected chi connectivity index (χ2v) is 5.62. The smallest absolute Gasteiger partial charge is 0.238 e. The van der Waals surface area contributed by atoms with Gasteiger partial charge in [0.05, 0.1) is 6.61 Å². The molecule has 0 aromatic heterocycles. The minimum Gasteiger partial charge on any atom is -0.494 e. The van der Waals surface area contributed by atoms with Gasteiger partial charge >= 0.3 is 0 Å². The maximum absolute atomic E-state index is 11.8. The van der Waals surface area contributed by atoms with E-state index in [9.17, 15) is 4.79 Å². The molecule has 2 rings (SSSR count). The lowest BCUT2D eigenvalue weighted by molar-refractivity contribution is -0.125. The zero-order valence-corrected chi connectivity index (χ0v) is 12.3. The Bertz CT molecular complexity index is 458. The van der Waals surface area contributed by atoms with E-state index in [0.29, 0.717) is 6.61 Å². The van der Waals surface area contributed by atoms with Gasteiger partial charge in [-0.2, -0.15) is 0 Å². The van der Waals surface area contributed by atoms with Crippen LogP contribution in [-0.2, 0) is 4.79 Å². The summed E-state index contributed by atoms with van der Waals surface area (Å²) in [5.41, 5.74) is 6.26. The maximum Gasteiger partial charge on any atom is 0.238 e. The van der Waals surface area contributed by atoms with Gasteiger partial charge in [0.1, 0.15) is 11.3 Å². The molecule has 3 N–H and O–H groups in total. The van der Waals surface area contributed by atoms with E-state index in [1.807, 2.05) is 31.3 Å². The number of ether oxygens (including phenoxy) is 1. The largest absolute Gasteiger partial charge is 0.494 e. The SMILES string of the molecule is CNC1(C(N)=O)CCCC1CCOc1ccc(C)cc1. The Balaban J connectivity index is 1.90. The second kappa shape index (κ2) is 6.27. The summed E-state index contributed by atoms with van der Waals surface area (Å²) in [6.45, 7) is 2.67. The van der Waals surface area contributed by atoms with E-state index in [2.05, 4.69) is 12.2 Å². The number of aryl methyl sites for hydroxylation is 1. The quantitative estimate of drug-likeness (QED) is 0.835. The molecule has 0 aliphatic heterocycles. The van der Waals surface area contributed by atoms with Crippen LogP contribution in [0.2, 0.25) is 0 Å². The van der Waals surface area contributed by atoms with Gasteiger partial charge in [-0.3, -0.25) is 4.79 Å². The average Bonchev–Trinajstić information content (AvgIpc) is 2.85. The Labute approximate surface area is 120 Å². The molecule has 1 aliphatic carbocycles. The summed E-state index contributed by atoms with van der Waals surface area (Å²) in [5.74, 6) is 0.899.